The van der Waals surface area contributed by atoms with E-state index in [-0.39, 0.29) is 0 Å². The Hall–Kier alpha value is -0.570. The average Bonchev–Trinajstić information content (AvgIpc) is 1.96. The maximum absolute atomic E-state index is 7.51. The first-order valence-electron chi connectivity index (χ1n) is 4.52. The van der Waals surface area contributed by atoms with Crippen LogP contribution in [-0.2, 0) is 0 Å². The molecule has 0 unspecified atom stereocenters. The molecule has 0 radical (unpaired) electrons. The quantitative estimate of drug-likeness (QED) is 0.498. The third kappa shape index (κ3) is 5.13. The number of amidine groups is 1. The summed E-state index contributed by atoms with van der Waals surface area (Å²) < 4.78 is 0. The number of nitrogens with zero attached hydrogens (tertiary/aromatic N) is 2. The molecule has 0 heterocycles. The number of hydrogen-bond acceptors (Lipinski definition) is 2. The molecule has 0 aromatic rings. The van der Waals surface area contributed by atoms with E-state index in [9.17, 15) is 0 Å². The summed E-state index contributed by atoms with van der Waals surface area (Å²) >= 11 is 0. The normalized spacial score (nSPS) is 10.4. The average molecular weight is 171 g/mol. The number of nitrogens with one attached hydrogen (secondary N) is 1. The molecule has 0 rings (SSSR count). The molecule has 0 aromatic heterocycles. The molecule has 0 spiro atoms. The fourth-order valence-electron chi connectivity index (χ4n) is 1.04. The van der Waals surface area contributed by atoms with Gasteiger partial charge >= 0.3 is 0 Å². The lowest BCUT2D eigenvalue weighted by Crippen LogP contribution is -2.35. The summed E-state index contributed by atoms with van der Waals surface area (Å²) in [5.74, 6) is 0.679. The lowest BCUT2D eigenvalue weighted by Gasteiger charge is -2.24. The van der Waals surface area contributed by atoms with Gasteiger partial charge in [0.1, 0.15) is 0 Å². The van der Waals surface area contributed by atoms with E-state index in [0.29, 0.717) is 5.84 Å². The Bertz CT molecular complexity index is 132. The van der Waals surface area contributed by atoms with Gasteiger partial charge in [-0.15, -0.1) is 0 Å². The van der Waals surface area contributed by atoms with Crippen molar-refractivity contribution in [2.75, 3.05) is 33.7 Å². The van der Waals surface area contributed by atoms with Crippen LogP contribution in [0.2, 0.25) is 0 Å². The first-order valence-corrected chi connectivity index (χ1v) is 4.52. The van der Waals surface area contributed by atoms with Crippen LogP contribution >= 0.6 is 0 Å². The van der Waals surface area contributed by atoms with Crippen LogP contribution in [0.15, 0.2) is 0 Å². The topological polar surface area (TPSA) is 30.3 Å². The van der Waals surface area contributed by atoms with Gasteiger partial charge in [0.2, 0.25) is 0 Å². The third-order valence-corrected chi connectivity index (χ3v) is 1.78. The molecule has 0 aliphatic carbocycles. The van der Waals surface area contributed by atoms with Crippen molar-refractivity contribution in [3.63, 3.8) is 0 Å². The molecular weight excluding hydrogens is 150 g/mol. The predicted octanol–water partition coefficient (Wildman–Crippen LogP) is 1.26. The molecule has 1 N–H and O–H groups in total. The van der Waals surface area contributed by atoms with E-state index >= 15 is 0 Å². The Balaban J connectivity index is 3.71. The smallest absolute Gasteiger partial charge is 0.0926 e. The molecule has 0 aliphatic rings. The van der Waals surface area contributed by atoms with Crippen LogP contribution in [0.1, 0.15) is 20.3 Å². The van der Waals surface area contributed by atoms with E-state index in [1.807, 2.05) is 6.92 Å². The van der Waals surface area contributed by atoms with Gasteiger partial charge in [-0.3, -0.25) is 5.41 Å². The zero-order valence-electron chi connectivity index (χ0n) is 8.72. The number of likely N-dealkylation sites (N-methyl/N-ethyl adjacent to an activating group) is 1. The van der Waals surface area contributed by atoms with Gasteiger partial charge in [0, 0.05) is 19.6 Å². The van der Waals surface area contributed by atoms with E-state index in [1.54, 1.807) is 0 Å². The Morgan fingerprint density at radius 3 is 2.08 bits per heavy atom. The highest BCUT2D eigenvalue weighted by atomic mass is 15.2. The highest BCUT2D eigenvalue weighted by molar-refractivity contribution is 5.76. The summed E-state index contributed by atoms with van der Waals surface area (Å²) in [6.07, 6.45) is 1.11. The monoisotopic (exact) mass is 171 g/mol. The van der Waals surface area contributed by atoms with Gasteiger partial charge in [-0.05, 0) is 27.4 Å². The van der Waals surface area contributed by atoms with Crippen LogP contribution in [0.25, 0.3) is 0 Å². The maximum atomic E-state index is 7.51. The van der Waals surface area contributed by atoms with Crippen molar-refractivity contribution in [1.29, 1.82) is 5.41 Å². The van der Waals surface area contributed by atoms with E-state index in [0.717, 1.165) is 26.1 Å². The van der Waals surface area contributed by atoms with Crippen LogP contribution in [0.3, 0.4) is 0 Å². The van der Waals surface area contributed by atoms with Crippen molar-refractivity contribution in [3.8, 4) is 0 Å². The molecule has 3 heteroatoms. The lowest BCUT2D eigenvalue weighted by molar-refractivity contribution is 0.327. The van der Waals surface area contributed by atoms with E-state index in [1.165, 1.54) is 0 Å². The first-order chi connectivity index (χ1) is 5.57. The van der Waals surface area contributed by atoms with Crippen molar-refractivity contribution in [2.24, 2.45) is 0 Å². The van der Waals surface area contributed by atoms with Gasteiger partial charge in [-0.25, -0.2) is 0 Å². The SMILES string of the molecule is CCCN(CCN(C)C)C(C)=N. The molecule has 3 nitrogen and oxygen atoms in total. The maximum Gasteiger partial charge on any atom is 0.0926 e. The highest BCUT2D eigenvalue weighted by Gasteiger charge is 2.03. The summed E-state index contributed by atoms with van der Waals surface area (Å²) in [5.41, 5.74) is 0. The third-order valence-electron chi connectivity index (χ3n) is 1.78. The van der Waals surface area contributed by atoms with Crippen molar-refractivity contribution in [1.82, 2.24) is 9.80 Å². The number of rotatable bonds is 5. The summed E-state index contributed by atoms with van der Waals surface area (Å²) in [6.45, 7) is 6.99. The molecule has 0 saturated heterocycles. The van der Waals surface area contributed by atoms with Crippen molar-refractivity contribution < 1.29 is 0 Å². The van der Waals surface area contributed by atoms with Crippen molar-refractivity contribution in [3.05, 3.63) is 0 Å². The van der Waals surface area contributed by atoms with Gasteiger partial charge in [0.15, 0.2) is 0 Å². The second-order valence-electron chi connectivity index (χ2n) is 3.38. The Kier molecular flexibility index (Phi) is 5.72. The van der Waals surface area contributed by atoms with Gasteiger partial charge in [-0.1, -0.05) is 6.92 Å². The summed E-state index contributed by atoms with van der Waals surface area (Å²) in [5, 5.41) is 7.51. The first kappa shape index (κ1) is 11.4. The molecule has 0 amide bonds. The van der Waals surface area contributed by atoms with Gasteiger partial charge in [0.05, 0.1) is 5.84 Å². The predicted molar refractivity (Wildman–Crippen MR) is 53.8 cm³/mol. The fraction of sp³-hybridized carbons (Fsp3) is 0.889. The van der Waals surface area contributed by atoms with Crippen LogP contribution in [0, 0.1) is 5.41 Å². The molecule has 0 fully saturated rings. The summed E-state index contributed by atoms with van der Waals surface area (Å²) in [7, 11) is 4.12. The summed E-state index contributed by atoms with van der Waals surface area (Å²) in [4.78, 5) is 4.26. The summed E-state index contributed by atoms with van der Waals surface area (Å²) in [6, 6.07) is 0. The van der Waals surface area contributed by atoms with Gasteiger partial charge in [0.25, 0.3) is 0 Å². The lowest BCUT2D eigenvalue weighted by atomic mass is 10.4. The van der Waals surface area contributed by atoms with Gasteiger partial charge in [-0.2, -0.15) is 0 Å². The van der Waals surface area contributed by atoms with Crippen LogP contribution in [0.4, 0.5) is 0 Å². The molecule has 12 heavy (non-hydrogen) atoms. The molecule has 0 aliphatic heterocycles. The zero-order valence-corrected chi connectivity index (χ0v) is 8.72. The largest absolute Gasteiger partial charge is 0.360 e. The molecule has 72 valence electrons. The van der Waals surface area contributed by atoms with Crippen molar-refractivity contribution in [2.45, 2.75) is 20.3 Å². The van der Waals surface area contributed by atoms with Crippen LogP contribution < -0.4 is 0 Å². The number of hydrogen-bond donors (Lipinski definition) is 1. The molecule has 0 aromatic carbocycles. The van der Waals surface area contributed by atoms with E-state index in [4.69, 9.17) is 5.41 Å². The minimum atomic E-state index is 0.679. The minimum Gasteiger partial charge on any atom is -0.360 e. The Morgan fingerprint density at radius 2 is 1.75 bits per heavy atom. The second-order valence-corrected chi connectivity index (χ2v) is 3.38. The molecule has 0 atom stereocenters. The Labute approximate surface area is 75.9 Å². The highest BCUT2D eigenvalue weighted by Crippen LogP contribution is 1.92. The second kappa shape index (κ2) is 6.00. The minimum absolute atomic E-state index is 0.679. The fourth-order valence-corrected chi connectivity index (χ4v) is 1.04. The standard InChI is InChI=1S/C9H21N3/c1-5-6-12(9(2)10)8-7-11(3)4/h10H,5-8H2,1-4H3. The molecular formula is C9H21N3. The zero-order chi connectivity index (χ0) is 9.56. The molecule has 0 bridgehead atoms. The Morgan fingerprint density at radius 1 is 1.17 bits per heavy atom. The van der Waals surface area contributed by atoms with E-state index in [2.05, 4.69) is 30.8 Å². The molecule has 0 saturated carbocycles. The van der Waals surface area contributed by atoms with Crippen molar-refractivity contribution >= 4 is 5.84 Å². The van der Waals surface area contributed by atoms with Crippen LogP contribution in [-0.4, -0.2) is 49.4 Å². The van der Waals surface area contributed by atoms with E-state index < -0.39 is 0 Å². The van der Waals surface area contributed by atoms with Crippen LogP contribution in [0.5, 0.6) is 0 Å². The van der Waals surface area contributed by atoms with Gasteiger partial charge < -0.3 is 9.80 Å².